The lowest BCUT2D eigenvalue weighted by atomic mass is 9.96. The molecule has 34 heavy (non-hydrogen) atoms. The highest BCUT2D eigenvalue weighted by Crippen LogP contribution is 2.34. The van der Waals surface area contributed by atoms with E-state index in [9.17, 15) is 17.8 Å². The second-order valence-electron chi connectivity index (χ2n) is 7.49. The standard InChI is InChI=1S/C24H20ClN3O4S2/c1-33-20-10-6-18(7-11-20)23-22(17-4-8-19(25)9-5-17)21(15-34(30,31)32)24(29)28(27-23)14-16-3-2-12-26-13-16/h2-13H,14-15H2,1H3,(H,30,31,32). The molecule has 0 unspecified atom stereocenters. The van der Waals surface area contributed by atoms with Crippen molar-refractivity contribution in [1.29, 1.82) is 0 Å². The average Bonchev–Trinajstić information content (AvgIpc) is 2.82. The van der Waals surface area contributed by atoms with Gasteiger partial charge in [-0.2, -0.15) is 13.5 Å². The minimum Gasteiger partial charge on any atom is -0.285 e. The molecule has 0 saturated heterocycles. The Morgan fingerprint density at radius 1 is 1.03 bits per heavy atom. The van der Waals surface area contributed by atoms with E-state index in [1.54, 1.807) is 60.6 Å². The Balaban J connectivity index is 2.03. The summed E-state index contributed by atoms with van der Waals surface area (Å²) >= 11 is 7.64. The fourth-order valence-electron chi connectivity index (χ4n) is 3.59. The van der Waals surface area contributed by atoms with Crippen LogP contribution in [0.5, 0.6) is 0 Å². The van der Waals surface area contributed by atoms with Crippen LogP contribution in [-0.2, 0) is 22.4 Å². The number of benzene rings is 2. The molecule has 1 N–H and O–H groups in total. The maximum Gasteiger partial charge on any atom is 0.272 e. The van der Waals surface area contributed by atoms with Crippen LogP contribution >= 0.6 is 23.4 Å². The molecule has 0 fully saturated rings. The quantitative estimate of drug-likeness (QED) is 0.280. The number of hydrogen-bond donors (Lipinski definition) is 1. The summed E-state index contributed by atoms with van der Waals surface area (Å²) in [6, 6.07) is 17.8. The van der Waals surface area contributed by atoms with E-state index in [1.165, 1.54) is 4.68 Å². The number of thioether (sulfide) groups is 1. The Morgan fingerprint density at radius 3 is 2.29 bits per heavy atom. The molecule has 0 spiro atoms. The molecule has 0 aliphatic rings. The zero-order valence-corrected chi connectivity index (χ0v) is 20.4. The Morgan fingerprint density at radius 2 is 1.71 bits per heavy atom. The molecule has 0 aliphatic carbocycles. The van der Waals surface area contributed by atoms with Crippen LogP contribution in [0.4, 0.5) is 0 Å². The van der Waals surface area contributed by atoms with Gasteiger partial charge < -0.3 is 0 Å². The molecule has 2 aromatic heterocycles. The maximum absolute atomic E-state index is 13.5. The van der Waals surface area contributed by atoms with Gasteiger partial charge in [0.1, 0.15) is 5.75 Å². The van der Waals surface area contributed by atoms with Gasteiger partial charge >= 0.3 is 0 Å². The van der Waals surface area contributed by atoms with Crippen molar-refractivity contribution in [2.24, 2.45) is 0 Å². The highest BCUT2D eigenvalue weighted by Gasteiger charge is 2.24. The van der Waals surface area contributed by atoms with Crippen molar-refractivity contribution >= 4 is 33.5 Å². The van der Waals surface area contributed by atoms with E-state index in [1.807, 2.05) is 30.5 Å². The van der Waals surface area contributed by atoms with Crippen LogP contribution in [0.2, 0.25) is 5.02 Å². The molecule has 4 aromatic rings. The van der Waals surface area contributed by atoms with Crippen molar-refractivity contribution in [2.45, 2.75) is 17.2 Å². The molecule has 2 heterocycles. The SMILES string of the molecule is CSc1ccc(-c2nn(Cc3cccnc3)c(=O)c(CS(=O)(=O)O)c2-c2ccc(Cl)cc2)cc1. The third-order valence-corrected chi connectivity index (χ3v) is 6.78. The van der Waals surface area contributed by atoms with Gasteiger partial charge in [0.15, 0.2) is 0 Å². The first-order valence-electron chi connectivity index (χ1n) is 10.1. The monoisotopic (exact) mass is 513 g/mol. The second kappa shape index (κ2) is 10.1. The molecule has 2 aromatic carbocycles. The first-order valence-corrected chi connectivity index (χ1v) is 13.3. The summed E-state index contributed by atoms with van der Waals surface area (Å²) in [4.78, 5) is 18.6. The molecule has 4 rings (SSSR count). The van der Waals surface area contributed by atoms with Crippen molar-refractivity contribution in [1.82, 2.24) is 14.8 Å². The number of halogens is 1. The highest BCUT2D eigenvalue weighted by molar-refractivity contribution is 7.98. The zero-order valence-electron chi connectivity index (χ0n) is 18.1. The summed E-state index contributed by atoms with van der Waals surface area (Å²) in [6.45, 7) is 0.0853. The predicted octanol–water partition coefficient (Wildman–Crippen LogP) is 4.78. The molecule has 7 nitrogen and oxygen atoms in total. The van der Waals surface area contributed by atoms with Gasteiger partial charge in [-0.05, 0) is 47.7 Å². The predicted molar refractivity (Wildman–Crippen MR) is 135 cm³/mol. The van der Waals surface area contributed by atoms with Crippen LogP contribution in [-0.4, -0.2) is 34.0 Å². The van der Waals surface area contributed by atoms with E-state index < -0.39 is 21.4 Å². The van der Waals surface area contributed by atoms with Crippen LogP contribution in [0.25, 0.3) is 22.4 Å². The minimum absolute atomic E-state index is 0.0762. The normalized spacial score (nSPS) is 11.5. The fourth-order valence-corrected chi connectivity index (χ4v) is 4.76. The summed E-state index contributed by atoms with van der Waals surface area (Å²) in [5.74, 6) is -0.852. The maximum atomic E-state index is 13.5. The smallest absolute Gasteiger partial charge is 0.272 e. The van der Waals surface area contributed by atoms with Crippen LogP contribution in [0.15, 0.2) is 82.7 Å². The van der Waals surface area contributed by atoms with E-state index in [2.05, 4.69) is 10.1 Å². The molecule has 174 valence electrons. The molecule has 0 bridgehead atoms. The Kier molecular flexibility index (Phi) is 7.18. The number of rotatable bonds is 7. The topological polar surface area (TPSA) is 102 Å². The Bertz CT molecular complexity index is 1470. The van der Waals surface area contributed by atoms with E-state index in [0.29, 0.717) is 27.4 Å². The minimum atomic E-state index is -4.52. The summed E-state index contributed by atoms with van der Waals surface area (Å²) in [5.41, 5.74) is 2.03. The van der Waals surface area contributed by atoms with Gasteiger partial charge in [-0.1, -0.05) is 41.9 Å². The first-order chi connectivity index (χ1) is 16.2. The summed E-state index contributed by atoms with van der Waals surface area (Å²) in [7, 11) is -4.52. The molecule has 0 radical (unpaired) electrons. The average molecular weight is 514 g/mol. The number of hydrogen-bond acceptors (Lipinski definition) is 6. The van der Waals surface area contributed by atoms with Gasteiger partial charge in [0.25, 0.3) is 15.7 Å². The van der Waals surface area contributed by atoms with Crippen molar-refractivity contribution in [3.63, 3.8) is 0 Å². The first kappa shape index (κ1) is 24.2. The van der Waals surface area contributed by atoms with E-state index in [-0.39, 0.29) is 12.1 Å². The van der Waals surface area contributed by atoms with Crippen LogP contribution in [0, 0.1) is 0 Å². The summed E-state index contributed by atoms with van der Waals surface area (Å²) in [5, 5.41) is 5.13. The van der Waals surface area contributed by atoms with Gasteiger partial charge in [-0.3, -0.25) is 14.3 Å². The number of pyridine rings is 1. The second-order valence-corrected chi connectivity index (χ2v) is 10.3. The molecule has 0 atom stereocenters. The van der Waals surface area contributed by atoms with Gasteiger partial charge in [0.2, 0.25) is 0 Å². The third kappa shape index (κ3) is 5.56. The highest BCUT2D eigenvalue weighted by atomic mass is 35.5. The Hall–Kier alpha value is -2.98. The van der Waals surface area contributed by atoms with Gasteiger partial charge in [-0.15, -0.1) is 11.8 Å². The van der Waals surface area contributed by atoms with E-state index in [4.69, 9.17) is 11.6 Å². The van der Waals surface area contributed by atoms with Crippen molar-refractivity contribution in [3.8, 4) is 22.4 Å². The van der Waals surface area contributed by atoms with E-state index >= 15 is 0 Å². The van der Waals surface area contributed by atoms with Crippen LogP contribution < -0.4 is 5.56 Å². The number of nitrogens with zero attached hydrogens (tertiary/aromatic N) is 3. The van der Waals surface area contributed by atoms with E-state index in [0.717, 1.165) is 10.5 Å². The summed E-state index contributed by atoms with van der Waals surface area (Å²) < 4.78 is 34.8. The van der Waals surface area contributed by atoms with Gasteiger partial charge in [0.05, 0.1) is 12.2 Å². The molecule has 10 heteroatoms. The lowest BCUT2D eigenvalue weighted by Crippen LogP contribution is -2.30. The molecule has 0 amide bonds. The van der Waals surface area contributed by atoms with Crippen molar-refractivity contribution < 1.29 is 13.0 Å². The number of aromatic nitrogens is 3. The third-order valence-electron chi connectivity index (χ3n) is 5.13. The fraction of sp³-hybridized carbons (Fsp3) is 0.125. The Labute approximate surface area is 206 Å². The van der Waals surface area contributed by atoms with Crippen molar-refractivity contribution in [2.75, 3.05) is 6.26 Å². The van der Waals surface area contributed by atoms with Crippen LogP contribution in [0.1, 0.15) is 11.1 Å². The molecule has 0 saturated carbocycles. The van der Waals surface area contributed by atoms with Crippen LogP contribution in [0.3, 0.4) is 0 Å². The zero-order chi connectivity index (χ0) is 24.3. The van der Waals surface area contributed by atoms with Gasteiger partial charge in [-0.25, -0.2) is 4.68 Å². The van der Waals surface area contributed by atoms with Crippen molar-refractivity contribution in [3.05, 3.63) is 99.6 Å². The lowest BCUT2D eigenvalue weighted by molar-refractivity contribution is 0.481. The largest absolute Gasteiger partial charge is 0.285 e. The summed E-state index contributed by atoms with van der Waals surface area (Å²) in [6.07, 6.45) is 5.19. The van der Waals surface area contributed by atoms with Gasteiger partial charge in [0, 0.05) is 39.0 Å². The lowest BCUT2D eigenvalue weighted by Gasteiger charge is -2.17. The molecular formula is C24H20ClN3O4S2. The molecular weight excluding hydrogens is 494 g/mol. The molecule has 0 aliphatic heterocycles.